The lowest BCUT2D eigenvalue weighted by atomic mass is 10.1. The van der Waals surface area contributed by atoms with Crippen LogP contribution in [0.1, 0.15) is 25.3 Å². The van der Waals surface area contributed by atoms with Gasteiger partial charge in [-0.2, -0.15) is 11.8 Å². The quantitative estimate of drug-likeness (QED) is 0.646. The molecule has 0 aliphatic carbocycles. The fourth-order valence-electron chi connectivity index (χ4n) is 2.45. The van der Waals surface area contributed by atoms with Crippen molar-refractivity contribution in [3.63, 3.8) is 0 Å². The average molecular weight is 296 g/mol. The summed E-state index contributed by atoms with van der Waals surface area (Å²) in [6, 6.07) is 4.70. The SMILES string of the molecule is COc1ccc([N+](=O)[O-])cc1CNCC1(C)CCCS1. The second-order valence-corrected chi connectivity index (χ2v) is 6.94. The van der Waals surface area contributed by atoms with Crippen LogP contribution < -0.4 is 10.1 Å². The van der Waals surface area contributed by atoms with Crippen molar-refractivity contribution in [2.75, 3.05) is 19.4 Å². The largest absolute Gasteiger partial charge is 0.496 e. The van der Waals surface area contributed by atoms with Gasteiger partial charge in [-0.25, -0.2) is 0 Å². The second kappa shape index (κ2) is 6.45. The molecular formula is C14H20N2O3S. The highest BCUT2D eigenvalue weighted by molar-refractivity contribution is 8.00. The summed E-state index contributed by atoms with van der Waals surface area (Å²) in [5, 5.41) is 14.2. The van der Waals surface area contributed by atoms with E-state index in [9.17, 15) is 10.1 Å². The molecule has 0 bridgehead atoms. The van der Waals surface area contributed by atoms with Crippen molar-refractivity contribution in [3.8, 4) is 5.75 Å². The van der Waals surface area contributed by atoms with Gasteiger partial charge in [-0.3, -0.25) is 10.1 Å². The molecule has 1 aliphatic rings. The Hall–Kier alpha value is -1.27. The van der Waals surface area contributed by atoms with Gasteiger partial charge in [-0.05, 0) is 31.6 Å². The van der Waals surface area contributed by atoms with E-state index in [0.29, 0.717) is 12.3 Å². The van der Waals surface area contributed by atoms with Gasteiger partial charge in [0.25, 0.3) is 5.69 Å². The van der Waals surface area contributed by atoms with Crippen LogP contribution in [0.4, 0.5) is 5.69 Å². The Kier molecular flexibility index (Phi) is 4.88. The van der Waals surface area contributed by atoms with Crippen molar-refractivity contribution in [1.82, 2.24) is 5.32 Å². The van der Waals surface area contributed by atoms with Crippen LogP contribution in [0.25, 0.3) is 0 Å². The van der Waals surface area contributed by atoms with E-state index in [0.717, 1.165) is 12.1 Å². The summed E-state index contributed by atoms with van der Waals surface area (Å²) >= 11 is 2.00. The molecule has 1 atom stereocenters. The van der Waals surface area contributed by atoms with Gasteiger partial charge < -0.3 is 10.1 Å². The van der Waals surface area contributed by atoms with E-state index in [4.69, 9.17) is 4.74 Å². The fraction of sp³-hybridized carbons (Fsp3) is 0.571. The average Bonchev–Trinajstić information content (AvgIpc) is 2.85. The minimum Gasteiger partial charge on any atom is -0.496 e. The van der Waals surface area contributed by atoms with Crippen LogP contribution in [0.5, 0.6) is 5.75 Å². The molecule has 2 rings (SSSR count). The van der Waals surface area contributed by atoms with Crippen molar-refractivity contribution in [2.45, 2.75) is 31.1 Å². The van der Waals surface area contributed by atoms with Crippen LogP contribution >= 0.6 is 11.8 Å². The highest BCUT2D eigenvalue weighted by atomic mass is 32.2. The zero-order chi connectivity index (χ0) is 14.6. The maximum absolute atomic E-state index is 10.8. The first-order valence-corrected chi connectivity index (χ1v) is 7.69. The molecule has 0 saturated carbocycles. The molecule has 1 aliphatic heterocycles. The van der Waals surface area contributed by atoms with Crippen LogP contribution in [0, 0.1) is 10.1 Å². The number of nitrogens with zero attached hydrogens (tertiary/aromatic N) is 1. The van der Waals surface area contributed by atoms with E-state index < -0.39 is 0 Å². The minimum absolute atomic E-state index is 0.101. The van der Waals surface area contributed by atoms with E-state index in [1.54, 1.807) is 19.2 Å². The topological polar surface area (TPSA) is 64.4 Å². The second-order valence-electron chi connectivity index (χ2n) is 5.26. The fourth-order valence-corrected chi connectivity index (χ4v) is 3.73. The molecule has 1 aromatic rings. The molecule has 20 heavy (non-hydrogen) atoms. The Bertz CT molecular complexity index is 487. The molecule has 6 heteroatoms. The molecular weight excluding hydrogens is 276 g/mol. The smallest absolute Gasteiger partial charge is 0.270 e. The lowest BCUT2D eigenvalue weighted by Gasteiger charge is -2.23. The summed E-state index contributed by atoms with van der Waals surface area (Å²) in [6.45, 7) is 3.76. The molecule has 0 aromatic heterocycles. The number of nitro groups is 1. The number of hydrogen-bond acceptors (Lipinski definition) is 5. The van der Waals surface area contributed by atoms with Gasteiger partial charge in [0.1, 0.15) is 5.75 Å². The van der Waals surface area contributed by atoms with E-state index in [-0.39, 0.29) is 15.4 Å². The molecule has 0 amide bonds. The van der Waals surface area contributed by atoms with Crippen molar-refractivity contribution < 1.29 is 9.66 Å². The number of nitrogens with one attached hydrogen (secondary N) is 1. The Labute approximate surface area is 123 Å². The molecule has 1 unspecified atom stereocenters. The normalized spacial score (nSPS) is 21.9. The number of benzene rings is 1. The van der Waals surface area contributed by atoms with Gasteiger partial charge in [0.2, 0.25) is 0 Å². The third kappa shape index (κ3) is 3.64. The third-order valence-corrected chi connectivity index (χ3v) is 5.13. The number of thioether (sulfide) groups is 1. The maximum Gasteiger partial charge on any atom is 0.270 e. The predicted molar refractivity (Wildman–Crippen MR) is 81.5 cm³/mol. The van der Waals surface area contributed by atoms with E-state index in [1.165, 1.54) is 24.7 Å². The molecule has 1 heterocycles. The third-order valence-electron chi connectivity index (χ3n) is 3.59. The number of rotatable bonds is 6. The van der Waals surface area contributed by atoms with E-state index >= 15 is 0 Å². The van der Waals surface area contributed by atoms with Crippen molar-refractivity contribution >= 4 is 17.4 Å². The molecule has 1 aromatic carbocycles. The molecule has 1 saturated heterocycles. The molecule has 1 fully saturated rings. The van der Waals surface area contributed by atoms with Crippen molar-refractivity contribution in [1.29, 1.82) is 0 Å². The van der Waals surface area contributed by atoms with Gasteiger partial charge in [0, 0.05) is 35.5 Å². The number of nitro benzene ring substituents is 1. The van der Waals surface area contributed by atoms with Crippen LogP contribution in [-0.2, 0) is 6.54 Å². The lowest BCUT2D eigenvalue weighted by molar-refractivity contribution is -0.384. The molecule has 110 valence electrons. The van der Waals surface area contributed by atoms with Gasteiger partial charge in [0.15, 0.2) is 0 Å². The summed E-state index contributed by atoms with van der Waals surface area (Å²) in [4.78, 5) is 10.4. The minimum atomic E-state index is -0.378. The van der Waals surface area contributed by atoms with Crippen molar-refractivity contribution in [3.05, 3.63) is 33.9 Å². The van der Waals surface area contributed by atoms with Crippen LogP contribution in [0.15, 0.2) is 18.2 Å². The van der Waals surface area contributed by atoms with E-state index in [1.807, 2.05) is 11.8 Å². The summed E-state index contributed by atoms with van der Waals surface area (Å²) < 4.78 is 5.55. The summed E-state index contributed by atoms with van der Waals surface area (Å²) in [5.74, 6) is 1.91. The maximum atomic E-state index is 10.8. The lowest BCUT2D eigenvalue weighted by Crippen LogP contribution is -2.32. The number of ether oxygens (including phenoxy) is 1. The number of non-ortho nitro benzene ring substituents is 1. The highest BCUT2D eigenvalue weighted by Crippen LogP contribution is 2.37. The van der Waals surface area contributed by atoms with Crippen LogP contribution in [0.3, 0.4) is 0 Å². The van der Waals surface area contributed by atoms with Crippen LogP contribution in [0.2, 0.25) is 0 Å². The molecule has 5 nitrogen and oxygen atoms in total. The van der Waals surface area contributed by atoms with Gasteiger partial charge in [-0.15, -0.1) is 0 Å². The Morgan fingerprint density at radius 2 is 2.35 bits per heavy atom. The molecule has 1 N–H and O–H groups in total. The zero-order valence-electron chi connectivity index (χ0n) is 11.8. The van der Waals surface area contributed by atoms with Crippen LogP contribution in [-0.4, -0.2) is 29.1 Å². The summed E-state index contributed by atoms with van der Waals surface area (Å²) in [6.07, 6.45) is 2.49. The Morgan fingerprint density at radius 1 is 1.55 bits per heavy atom. The first-order chi connectivity index (χ1) is 9.54. The zero-order valence-corrected chi connectivity index (χ0v) is 12.7. The molecule has 0 radical (unpaired) electrons. The monoisotopic (exact) mass is 296 g/mol. The summed E-state index contributed by atoms with van der Waals surface area (Å²) in [7, 11) is 1.58. The Balaban J connectivity index is 2.00. The van der Waals surface area contributed by atoms with Crippen molar-refractivity contribution in [2.24, 2.45) is 0 Å². The summed E-state index contributed by atoms with van der Waals surface area (Å²) in [5.41, 5.74) is 0.928. The predicted octanol–water partition coefficient (Wildman–Crippen LogP) is 2.98. The first kappa shape index (κ1) is 15.1. The highest BCUT2D eigenvalue weighted by Gasteiger charge is 2.28. The first-order valence-electron chi connectivity index (χ1n) is 6.70. The van der Waals surface area contributed by atoms with Gasteiger partial charge >= 0.3 is 0 Å². The van der Waals surface area contributed by atoms with Gasteiger partial charge in [0.05, 0.1) is 12.0 Å². The standard InChI is InChI=1S/C14H20N2O3S/c1-14(6-3-7-20-14)10-15-9-11-8-12(16(17)18)4-5-13(11)19-2/h4-5,8,15H,3,6-7,9-10H2,1-2H3. The Morgan fingerprint density at radius 3 is 2.95 bits per heavy atom. The number of methoxy groups -OCH3 is 1. The van der Waals surface area contributed by atoms with E-state index in [2.05, 4.69) is 12.2 Å². The number of hydrogen-bond donors (Lipinski definition) is 1. The van der Waals surface area contributed by atoms with Gasteiger partial charge in [-0.1, -0.05) is 0 Å². The molecule has 0 spiro atoms.